The van der Waals surface area contributed by atoms with Crippen LogP contribution in [0.1, 0.15) is 0 Å². The molecule has 2 heterocycles. The molecule has 1 unspecified atom stereocenters. The van der Waals surface area contributed by atoms with Crippen molar-refractivity contribution < 1.29 is 8.94 Å². The summed E-state index contributed by atoms with van der Waals surface area (Å²) in [6.07, 6.45) is 4.92. The number of hydrogen-bond acceptors (Lipinski definition) is 3. The zero-order valence-corrected chi connectivity index (χ0v) is 12.0. The maximum absolute atomic E-state index is 13.1. The Morgan fingerprint density at radius 3 is 2.33 bits per heavy atom. The van der Waals surface area contributed by atoms with E-state index in [-0.39, 0.29) is 5.82 Å². The van der Waals surface area contributed by atoms with Crippen LogP contribution in [-0.2, 0) is 11.2 Å². The molecule has 3 aromatic rings. The molecule has 0 aliphatic carbocycles. The summed E-state index contributed by atoms with van der Waals surface area (Å²) in [5.41, 5.74) is 3.02. The molecule has 1 aromatic carbocycles. The second-order valence-electron chi connectivity index (χ2n) is 4.47. The van der Waals surface area contributed by atoms with Crippen LogP contribution >= 0.6 is 0 Å². The molecule has 3 rings (SSSR count). The molecule has 2 aromatic heterocycles. The first-order chi connectivity index (χ1) is 10.2. The molecule has 0 amide bonds. The summed E-state index contributed by atoms with van der Waals surface area (Å²) < 4.78 is 25.0. The van der Waals surface area contributed by atoms with Crippen molar-refractivity contribution in [3.63, 3.8) is 0 Å². The van der Waals surface area contributed by atoms with Crippen molar-refractivity contribution in [1.82, 2.24) is 15.2 Å². The number of rotatable bonds is 3. The first-order valence-corrected chi connectivity index (χ1v) is 7.81. The molecule has 0 spiro atoms. The number of H-pyrrole nitrogens is 1. The monoisotopic (exact) mass is 301 g/mol. The van der Waals surface area contributed by atoms with Crippen LogP contribution in [0.25, 0.3) is 22.4 Å². The van der Waals surface area contributed by atoms with Gasteiger partial charge in [0.05, 0.1) is 5.56 Å². The highest BCUT2D eigenvalue weighted by atomic mass is 32.2. The Labute approximate surface area is 124 Å². The van der Waals surface area contributed by atoms with Gasteiger partial charge in [-0.25, -0.2) is 9.49 Å². The van der Waals surface area contributed by atoms with Crippen LogP contribution in [0.3, 0.4) is 0 Å². The van der Waals surface area contributed by atoms with Gasteiger partial charge in [0.1, 0.15) is 17.8 Å². The average Bonchev–Trinajstić information content (AvgIpc) is 2.94. The van der Waals surface area contributed by atoms with Gasteiger partial charge >= 0.3 is 0 Å². The van der Waals surface area contributed by atoms with Gasteiger partial charge in [0, 0.05) is 29.1 Å². The predicted octanol–water partition coefficient (Wildman–Crippen LogP) is 3.02. The lowest BCUT2D eigenvalue weighted by Gasteiger charge is -2.06. The molecule has 1 N–H and O–H groups in total. The van der Waals surface area contributed by atoms with E-state index in [0.717, 1.165) is 16.7 Å². The largest absolute Gasteiger partial charge is 0.610 e. The Balaban J connectivity index is 2.20. The Morgan fingerprint density at radius 1 is 1.05 bits per heavy atom. The van der Waals surface area contributed by atoms with Gasteiger partial charge in [-0.2, -0.15) is 5.10 Å². The molecule has 106 valence electrons. The fourth-order valence-electron chi connectivity index (χ4n) is 2.14. The lowest BCUT2D eigenvalue weighted by molar-refractivity contribution is 0.597. The minimum absolute atomic E-state index is 0.306. The molecule has 0 bridgehead atoms. The number of benzene rings is 1. The predicted molar refractivity (Wildman–Crippen MR) is 79.5 cm³/mol. The summed E-state index contributed by atoms with van der Waals surface area (Å²) in [6, 6.07) is 9.71. The number of nitrogens with one attached hydrogen (secondary N) is 1. The molecule has 1 atom stereocenters. The van der Waals surface area contributed by atoms with E-state index in [4.69, 9.17) is 0 Å². The third kappa shape index (κ3) is 2.68. The van der Waals surface area contributed by atoms with Crippen LogP contribution in [0.4, 0.5) is 4.39 Å². The lowest BCUT2D eigenvalue weighted by atomic mass is 10.0. The van der Waals surface area contributed by atoms with E-state index in [2.05, 4.69) is 15.2 Å². The van der Waals surface area contributed by atoms with Crippen LogP contribution < -0.4 is 0 Å². The molecule has 0 saturated heterocycles. The first kappa shape index (κ1) is 13.8. The van der Waals surface area contributed by atoms with Crippen molar-refractivity contribution in [2.45, 2.75) is 5.03 Å². The van der Waals surface area contributed by atoms with Gasteiger partial charge in [-0.15, -0.1) is 0 Å². The molecular formula is C15H12FN3OS. The van der Waals surface area contributed by atoms with Crippen molar-refractivity contribution in [3.8, 4) is 22.4 Å². The van der Waals surface area contributed by atoms with Crippen LogP contribution in [0.5, 0.6) is 0 Å². The summed E-state index contributed by atoms with van der Waals surface area (Å²) in [5, 5.41) is 7.62. The number of hydrogen-bond donors (Lipinski definition) is 1. The number of aromatic nitrogens is 3. The Morgan fingerprint density at radius 2 is 1.71 bits per heavy atom. The van der Waals surface area contributed by atoms with Gasteiger partial charge in [0.25, 0.3) is 0 Å². The molecule has 21 heavy (non-hydrogen) atoms. The minimum atomic E-state index is -1.21. The highest BCUT2D eigenvalue weighted by Crippen LogP contribution is 2.35. The Kier molecular flexibility index (Phi) is 3.72. The first-order valence-electron chi connectivity index (χ1n) is 6.25. The van der Waals surface area contributed by atoms with Gasteiger partial charge in [-0.05, 0) is 42.0 Å². The Hall–Kier alpha value is -2.18. The maximum Gasteiger partial charge on any atom is 0.248 e. The molecular weight excluding hydrogens is 289 g/mol. The molecule has 4 nitrogen and oxygen atoms in total. The Bertz CT molecular complexity index is 741. The average molecular weight is 301 g/mol. The number of pyridine rings is 1. The number of nitrogens with zero attached hydrogens (tertiary/aromatic N) is 2. The molecule has 6 heteroatoms. The third-order valence-corrected chi connectivity index (χ3v) is 3.98. The summed E-state index contributed by atoms with van der Waals surface area (Å²) >= 11 is -1.21. The van der Waals surface area contributed by atoms with Gasteiger partial charge in [0.2, 0.25) is 5.03 Å². The lowest BCUT2D eigenvalue weighted by Crippen LogP contribution is -1.99. The summed E-state index contributed by atoms with van der Waals surface area (Å²) in [5.74, 6) is -0.306. The van der Waals surface area contributed by atoms with E-state index in [1.165, 1.54) is 12.1 Å². The van der Waals surface area contributed by atoms with Crippen LogP contribution in [0.15, 0.2) is 53.8 Å². The van der Waals surface area contributed by atoms with Crippen molar-refractivity contribution in [2.24, 2.45) is 0 Å². The number of halogens is 1. The minimum Gasteiger partial charge on any atom is -0.610 e. The number of aromatic amines is 1. The fraction of sp³-hybridized carbons (Fsp3) is 0.0667. The fourth-order valence-corrected chi connectivity index (χ4v) is 2.81. The van der Waals surface area contributed by atoms with Gasteiger partial charge in [0.15, 0.2) is 0 Å². The van der Waals surface area contributed by atoms with Gasteiger partial charge in [-0.3, -0.25) is 4.98 Å². The quantitative estimate of drug-likeness (QED) is 0.756. The maximum atomic E-state index is 13.1. The SMILES string of the molecule is C[S+]([O-])c1[nH]nc(-c2ccc(F)cc2)c1-c1ccncc1. The van der Waals surface area contributed by atoms with Gasteiger partial charge in [-0.1, -0.05) is 0 Å². The van der Waals surface area contributed by atoms with Crippen molar-refractivity contribution >= 4 is 11.2 Å². The molecule has 0 saturated carbocycles. The van der Waals surface area contributed by atoms with Gasteiger partial charge < -0.3 is 4.55 Å². The van der Waals surface area contributed by atoms with Crippen LogP contribution in [-0.4, -0.2) is 26.0 Å². The highest BCUT2D eigenvalue weighted by molar-refractivity contribution is 7.90. The summed E-state index contributed by atoms with van der Waals surface area (Å²) in [4.78, 5) is 3.99. The van der Waals surface area contributed by atoms with Crippen LogP contribution in [0.2, 0.25) is 0 Å². The summed E-state index contributed by atoms with van der Waals surface area (Å²) in [6.45, 7) is 0. The molecule has 0 fully saturated rings. The van der Waals surface area contributed by atoms with E-state index < -0.39 is 11.2 Å². The van der Waals surface area contributed by atoms with E-state index in [9.17, 15) is 8.94 Å². The molecule has 0 aliphatic heterocycles. The zero-order chi connectivity index (χ0) is 14.8. The van der Waals surface area contributed by atoms with Crippen molar-refractivity contribution in [2.75, 3.05) is 6.26 Å². The second-order valence-corrected chi connectivity index (χ2v) is 5.79. The summed E-state index contributed by atoms with van der Waals surface area (Å²) in [7, 11) is 0. The van der Waals surface area contributed by atoms with E-state index in [1.807, 2.05) is 12.1 Å². The van der Waals surface area contributed by atoms with Crippen molar-refractivity contribution in [1.29, 1.82) is 0 Å². The highest BCUT2D eigenvalue weighted by Gasteiger charge is 2.22. The van der Waals surface area contributed by atoms with Crippen molar-refractivity contribution in [3.05, 3.63) is 54.6 Å². The standard InChI is InChI=1S/C15H12FN3OS/c1-21(20)15-13(10-6-8-17-9-7-10)14(18-19-15)11-2-4-12(16)5-3-11/h2-9H,1H3,(H,18,19). The second kappa shape index (κ2) is 5.67. The smallest absolute Gasteiger partial charge is 0.248 e. The topological polar surface area (TPSA) is 64.6 Å². The van der Waals surface area contributed by atoms with E-state index in [0.29, 0.717) is 10.7 Å². The normalized spacial score (nSPS) is 12.3. The molecule has 0 radical (unpaired) electrons. The third-order valence-electron chi connectivity index (χ3n) is 3.11. The van der Waals surface area contributed by atoms with E-state index >= 15 is 0 Å². The van der Waals surface area contributed by atoms with Crippen LogP contribution in [0, 0.1) is 5.82 Å². The van der Waals surface area contributed by atoms with E-state index in [1.54, 1.807) is 30.8 Å². The zero-order valence-electron chi connectivity index (χ0n) is 11.2. The molecule has 0 aliphatic rings.